The maximum atomic E-state index is 9.85. The average molecular weight is 196 g/mol. The lowest BCUT2D eigenvalue weighted by atomic mass is 10.4. The van der Waals surface area contributed by atoms with Crippen molar-refractivity contribution < 1.29 is 0 Å². The summed E-state index contributed by atoms with van der Waals surface area (Å²) >= 11 is 2.96. The van der Waals surface area contributed by atoms with Crippen LogP contribution in [0, 0.1) is 4.91 Å². The molecule has 0 saturated carbocycles. The van der Waals surface area contributed by atoms with Crippen LogP contribution in [-0.4, -0.2) is 0 Å². The predicted octanol–water partition coefficient (Wildman–Crippen LogP) is 2.54. The van der Waals surface area contributed by atoms with Gasteiger partial charge in [0, 0.05) is 9.40 Å². The molecular formula is C7H4N2OS2. The van der Waals surface area contributed by atoms with E-state index in [9.17, 15) is 4.91 Å². The van der Waals surface area contributed by atoms with E-state index in [2.05, 4.69) is 10.4 Å². The molecule has 0 unspecified atom stereocenters. The molecule has 0 aliphatic heterocycles. The van der Waals surface area contributed by atoms with Crippen LogP contribution in [-0.2, 0) is 0 Å². The van der Waals surface area contributed by atoms with Crippen molar-refractivity contribution in [1.82, 2.24) is 0 Å². The molecule has 1 heterocycles. The summed E-state index contributed by atoms with van der Waals surface area (Å²) in [7, 11) is 0. The minimum atomic E-state index is 0.700. The largest absolute Gasteiger partial charge is 0.197 e. The van der Waals surface area contributed by atoms with Crippen LogP contribution < -0.4 is 3.98 Å². The van der Waals surface area contributed by atoms with Gasteiger partial charge in [-0.25, -0.2) is 0 Å². The van der Waals surface area contributed by atoms with Gasteiger partial charge in [-0.2, -0.15) is 0 Å². The molecule has 1 aromatic heterocycles. The Morgan fingerprint density at radius 1 is 1.08 bits per heavy atom. The highest BCUT2D eigenvalue weighted by molar-refractivity contribution is 7.35. The minimum absolute atomic E-state index is 0.700. The predicted molar refractivity (Wildman–Crippen MR) is 51.1 cm³/mol. The Morgan fingerprint density at radius 2 is 1.67 bits per heavy atom. The van der Waals surface area contributed by atoms with Crippen molar-refractivity contribution in [2.24, 2.45) is 10.4 Å². The van der Waals surface area contributed by atoms with Crippen molar-refractivity contribution in [1.29, 1.82) is 0 Å². The number of benzene rings is 1. The summed E-state index contributed by atoms with van der Waals surface area (Å²) in [6.45, 7) is 0. The van der Waals surface area contributed by atoms with Crippen molar-refractivity contribution in [2.75, 3.05) is 0 Å². The van der Waals surface area contributed by atoms with Gasteiger partial charge in [0.05, 0.1) is 5.29 Å². The Kier molecular flexibility index (Phi) is 1.97. The van der Waals surface area contributed by atoms with Crippen LogP contribution in [0.5, 0.6) is 0 Å². The van der Waals surface area contributed by atoms with E-state index in [0.717, 1.165) is 9.40 Å². The summed E-state index contributed by atoms with van der Waals surface area (Å²) in [6, 6.07) is 7.92. The Morgan fingerprint density at radius 3 is 2.17 bits per heavy atom. The first kappa shape index (κ1) is 7.57. The third kappa shape index (κ3) is 1.28. The maximum absolute atomic E-state index is 9.85. The lowest BCUT2D eigenvalue weighted by Crippen LogP contribution is -1.80. The van der Waals surface area contributed by atoms with Crippen LogP contribution in [0.2, 0.25) is 0 Å². The summed E-state index contributed by atoms with van der Waals surface area (Å²) in [5.41, 5.74) is 0. The van der Waals surface area contributed by atoms with E-state index in [1.807, 2.05) is 24.3 Å². The van der Waals surface area contributed by atoms with E-state index < -0.39 is 0 Å². The highest BCUT2D eigenvalue weighted by atomic mass is 32.2. The normalized spacial score (nSPS) is 10.0. The molecule has 0 aliphatic carbocycles. The first-order valence-corrected chi connectivity index (χ1v) is 4.88. The summed E-state index contributed by atoms with van der Waals surface area (Å²) in [5.74, 6) is 0. The Balaban J connectivity index is 2.78. The number of nitrogens with zero attached hydrogens (tertiary/aromatic N) is 2. The quantitative estimate of drug-likeness (QED) is 0.510. The summed E-state index contributed by atoms with van der Waals surface area (Å²) < 4.78 is 2.99. The molecule has 5 heteroatoms. The summed E-state index contributed by atoms with van der Waals surface area (Å²) in [4.78, 5) is 9.85. The lowest BCUT2D eigenvalue weighted by molar-refractivity contribution is 1.17. The van der Waals surface area contributed by atoms with E-state index >= 15 is 0 Å². The Hall–Kier alpha value is -1.07. The number of hydrogen-bond acceptors (Lipinski definition) is 4. The second-order valence-corrected chi connectivity index (χ2v) is 4.42. The highest BCUT2D eigenvalue weighted by Crippen LogP contribution is 2.19. The topological polar surface area (TPSA) is 41.8 Å². The zero-order valence-electron chi connectivity index (χ0n) is 5.93. The van der Waals surface area contributed by atoms with Crippen molar-refractivity contribution in [2.45, 2.75) is 0 Å². The van der Waals surface area contributed by atoms with Gasteiger partial charge in [0.25, 0.3) is 0 Å². The molecule has 12 heavy (non-hydrogen) atoms. The smallest absolute Gasteiger partial charge is 0.123 e. The Labute approximate surface area is 76.0 Å². The van der Waals surface area contributed by atoms with Crippen LogP contribution >= 0.6 is 22.7 Å². The number of nitroso groups, excluding NO2 is 1. The van der Waals surface area contributed by atoms with Gasteiger partial charge in [0.2, 0.25) is 0 Å². The molecule has 2 rings (SSSR count). The molecule has 0 radical (unpaired) electrons. The van der Waals surface area contributed by atoms with Gasteiger partial charge >= 0.3 is 0 Å². The molecule has 0 fully saturated rings. The second-order valence-electron chi connectivity index (χ2n) is 2.10. The molecule has 1 aromatic carbocycles. The molecule has 60 valence electrons. The third-order valence-electron chi connectivity index (χ3n) is 1.37. The fourth-order valence-electron chi connectivity index (χ4n) is 0.902. The van der Waals surface area contributed by atoms with Crippen LogP contribution in [0.15, 0.2) is 34.7 Å². The van der Waals surface area contributed by atoms with Crippen LogP contribution in [0.25, 0.3) is 9.40 Å². The van der Waals surface area contributed by atoms with Gasteiger partial charge in [-0.1, -0.05) is 17.2 Å². The van der Waals surface area contributed by atoms with Gasteiger partial charge in [0.1, 0.15) is 0 Å². The highest BCUT2D eigenvalue weighted by Gasteiger charge is 1.95. The average Bonchev–Trinajstić information content (AvgIpc) is 2.47. The Bertz CT molecular complexity index is 435. The van der Waals surface area contributed by atoms with Crippen LogP contribution in [0.3, 0.4) is 0 Å². The van der Waals surface area contributed by atoms with Crippen molar-refractivity contribution in [3.8, 4) is 0 Å². The molecule has 3 nitrogen and oxygen atoms in total. The molecule has 0 saturated heterocycles. The van der Waals surface area contributed by atoms with Gasteiger partial charge in [-0.3, -0.25) is 0 Å². The zero-order chi connectivity index (χ0) is 8.39. The number of rotatable bonds is 1. The molecule has 2 aromatic rings. The van der Waals surface area contributed by atoms with Crippen molar-refractivity contribution in [3.05, 3.63) is 33.2 Å². The summed E-state index contributed by atoms with van der Waals surface area (Å²) in [5, 5.41) is 5.95. The fourth-order valence-corrected chi connectivity index (χ4v) is 3.01. The van der Waals surface area contributed by atoms with Crippen LogP contribution in [0.4, 0.5) is 0 Å². The molecule has 0 N–H and O–H groups in total. The van der Waals surface area contributed by atoms with E-state index in [1.165, 1.54) is 22.7 Å². The van der Waals surface area contributed by atoms with E-state index in [0.29, 0.717) is 3.98 Å². The lowest BCUT2D eigenvalue weighted by Gasteiger charge is -1.80. The maximum Gasteiger partial charge on any atom is 0.197 e. The van der Waals surface area contributed by atoms with Gasteiger partial charge < -0.3 is 0 Å². The van der Waals surface area contributed by atoms with E-state index in [1.54, 1.807) is 0 Å². The number of hydrogen-bond donors (Lipinski definition) is 0. The van der Waals surface area contributed by atoms with Gasteiger partial charge in [-0.05, 0) is 12.1 Å². The molecule has 0 spiro atoms. The summed E-state index contributed by atoms with van der Waals surface area (Å²) in [6.07, 6.45) is 0. The van der Waals surface area contributed by atoms with Crippen molar-refractivity contribution >= 4 is 32.1 Å². The van der Waals surface area contributed by atoms with Crippen LogP contribution in [0.1, 0.15) is 0 Å². The van der Waals surface area contributed by atoms with Crippen molar-refractivity contribution in [3.63, 3.8) is 0 Å². The first-order valence-electron chi connectivity index (χ1n) is 3.25. The molecule has 0 atom stereocenters. The molecule has 0 bridgehead atoms. The standard InChI is InChI=1S/C7H4N2OS2/c10-9-8-7-11-5-3-1-2-4-6(5)12-7/h1-4H. The first-order chi connectivity index (χ1) is 5.90. The van der Waals surface area contributed by atoms with Gasteiger partial charge in [0.15, 0.2) is 3.98 Å². The SMILES string of the molecule is O=NN=c1sc2ccccc2s1. The monoisotopic (exact) mass is 196 g/mol. The zero-order valence-corrected chi connectivity index (χ0v) is 7.56. The molecule has 0 amide bonds. The van der Waals surface area contributed by atoms with E-state index in [-0.39, 0.29) is 0 Å². The third-order valence-corrected chi connectivity index (χ3v) is 3.66. The van der Waals surface area contributed by atoms with E-state index in [4.69, 9.17) is 0 Å². The molecular weight excluding hydrogens is 192 g/mol. The number of fused-ring (bicyclic) bond motifs is 1. The minimum Gasteiger partial charge on any atom is -0.123 e. The van der Waals surface area contributed by atoms with Gasteiger partial charge in [-0.15, -0.1) is 27.6 Å². The molecule has 0 aliphatic rings. The fraction of sp³-hybridized carbons (Fsp3) is 0. The second kappa shape index (κ2) is 3.12.